The molecule has 2 atom stereocenters. The van der Waals surface area contributed by atoms with Gasteiger partial charge in [0.2, 0.25) is 0 Å². The van der Waals surface area contributed by atoms with E-state index in [9.17, 15) is 0 Å². The maximum absolute atomic E-state index is 6.01. The Labute approximate surface area is 196 Å². The van der Waals surface area contributed by atoms with Crippen LogP contribution in [-0.4, -0.2) is 86.3 Å². The van der Waals surface area contributed by atoms with E-state index in [1.807, 2.05) is 6.07 Å². The second-order valence-corrected chi connectivity index (χ2v) is 9.55. The van der Waals surface area contributed by atoms with Crippen LogP contribution >= 0.6 is 0 Å². The van der Waals surface area contributed by atoms with Crippen molar-refractivity contribution in [3.8, 4) is 6.01 Å². The van der Waals surface area contributed by atoms with Crippen LogP contribution in [0.2, 0.25) is 0 Å². The molecule has 0 amide bonds. The lowest BCUT2D eigenvalue weighted by Crippen LogP contribution is -2.39. The van der Waals surface area contributed by atoms with E-state index in [2.05, 4.69) is 20.2 Å². The molecule has 2 saturated carbocycles. The molecule has 1 N–H and O–H groups in total. The van der Waals surface area contributed by atoms with Gasteiger partial charge in [0.1, 0.15) is 12.4 Å². The largest absolute Gasteiger partial charge is 0.462 e. The SMILES string of the molecule is c1c(N/N=C2\CCCC3CCCC[C@H]23)nc(OCCN2CCOCC2)nc1N1CCOCC1. The average Bonchev–Trinajstić information content (AvgIpc) is 2.88. The van der Waals surface area contributed by atoms with Crippen LogP contribution in [0.25, 0.3) is 0 Å². The fourth-order valence-electron chi connectivity index (χ4n) is 5.57. The van der Waals surface area contributed by atoms with Gasteiger partial charge in [0.15, 0.2) is 5.82 Å². The van der Waals surface area contributed by atoms with E-state index >= 15 is 0 Å². The Kier molecular flexibility index (Phi) is 7.91. The molecule has 4 fully saturated rings. The Balaban J connectivity index is 1.28. The van der Waals surface area contributed by atoms with Crippen LogP contribution in [0.1, 0.15) is 44.9 Å². The minimum atomic E-state index is 0.411. The molecule has 9 nitrogen and oxygen atoms in total. The van der Waals surface area contributed by atoms with Crippen LogP contribution in [0.4, 0.5) is 11.6 Å². The smallest absolute Gasteiger partial charge is 0.320 e. The molecule has 1 aromatic rings. The zero-order valence-corrected chi connectivity index (χ0v) is 19.7. The van der Waals surface area contributed by atoms with Crippen molar-refractivity contribution in [2.75, 3.05) is 76.1 Å². The van der Waals surface area contributed by atoms with Crippen molar-refractivity contribution < 1.29 is 14.2 Å². The van der Waals surface area contributed by atoms with E-state index in [4.69, 9.17) is 24.3 Å². The van der Waals surface area contributed by atoms with Gasteiger partial charge in [-0.1, -0.05) is 12.8 Å². The Hall–Kier alpha value is -1.97. The minimum Gasteiger partial charge on any atom is -0.462 e. The topological polar surface area (TPSA) is 84.3 Å². The molecular formula is C24H38N6O3. The summed E-state index contributed by atoms with van der Waals surface area (Å²) < 4.78 is 17.0. The number of fused-ring (bicyclic) bond motifs is 1. The van der Waals surface area contributed by atoms with Gasteiger partial charge in [-0.05, 0) is 38.0 Å². The number of aromatic nitrogens is 2. The second kappa shape index (κ2) is 11.4. The molecule has 182 valence electrons. The van der Waals surface area contributed by atoms with Crippen molar-refractivity contribution in [1.82, 2.24) is 14.9 Å². The zero-order chi connectivity index (χ0) is 22.3. The Morgan fingerprint density at radius 1 is 0.970 bits per heavy atom. The number of morpholine rings is 2. The maximum atomic E-state index is 6.01. The van der Waals surface area contributed by atoms with E-state index in [1.165, 1.54) is 44.2 Å². The number of hydrogen-bond donors (Lipinski definition) is 1. The highest BCUT2D eigenvalue weighted by atomic mass is 16.5. The van der Waals surface area contributed by atoms with Gasteiger partial charge >= 0.3 is 6.01 Å². The molecule has 33 heavy (non-hydrogen) atoms. The van der Waals surface area contributed by atoms with E-state index in [0.717, 1.165) is 64.1 Å². The molecule has 3 heterocycles. The number of ether oxygens (including phenoxy) is 3. The van der Waals surface area contributed by atoms with Gasteiger partial charge in [0.05, 0.1) is 26.4 Å². The fraction of sp³-hybridized carbons (Fsp3) is 0.792. The number of nitrogens with one attached hydrogen (secondary N) is 1. The lowest BCUT2D eigenvalue weighted by molar-refractivity contribution is 0.0317. The number of hydrogen-bond acceptors (Lipinski definition) is 9. The molecule has 1 aromatic heterocycles. The van der Waals surface area contributed by atoms with Crippen molar-refractivity contribution in [3.05, 3.63) is 6.07 Å². The van der Waals surface area contributed by atoms with Gasteiger partial charge in [0, 0.05) is 50.4 Å². The summed E-state index contributed by atoms with van der Waals surface area (Å²) in [6, 6.07) is 2.40. The minimum absolute atomic E-state index is 0.411. The predicted octanol–water partition coefficient (Wildman–Crippen LogP) is 2.78. The second-order valence-electron chi connectivity index (χ2n) is 9.55. The predicted molar refractivity (Wildman–Crippen MR) is 128 cm³/mol. The molecule has 9 heteroatoms. The van der Waals surface area contributed by atoms with E-state index < -0.39 is 0 Å². The van der Waals surface area contributed by atoms with E-state index in [0.29, 0.717) is 37.6 Å². The quantitative estimate of drug-likeness (QED) is 0.625. The summed E-state index contributed by atoms with van der Waals surface area (Å²) in [6.07, 6.45) is 9.06. The van der Waals surface area contributed by atoms with Crippen molar-refractivity contribution >= 4 is 17.3 Å². The Morgan fingerprint density at radius 3 is 2.58 bits per heavy atom. The van der Waals surface area contributed by atoms with Gasteiger partial charge in [0.25, 0.3) is 0 Å². The molecule has 2 aliphatic carbocycles. The molecular weight excluding hydrogens is 420 g/mol. The number of rotatable bonds is 7. The highest BCUT2D eigenvalue weighted by Crippen LogP contribution is 2.39. The summed E-state index contributed by atoms with van der Waals surface area (Å²) in [5, 5.41) is 4.87. The summed E-state index contributed by atoms with van der Waals surface area (Å²) in [7, 11) is 0. The molecule has 5 rings (SSSR count). The van der Waals surface area contributed by atoms with Crippen molar-refractivity contribution in [2.45, 2.75) is 44.9 Å². The molecule has 0 spiro atoms. The molecule has 2 saturated heterocycles. The Bertz CT molecular complexity index is 792. The monoisotopic (exact) mass is 458 g/mol. The van der Waals surface area contributed by atoms with Crippen molar-refractivity contribution in [2.24, 2.45) is 16.9 Å². The standard InChI is InChI=1S/C24H38N6O3/c1-2-6-20-19(4-1)5-3-7-21(20)27-28-22-18-23(30-11-15-32-16-12-30)26-24(25-22)33-17-10-29-8-13-31-14-9-29/h18-20H,1-17H2,(H,25,26,28)/b27-21+/t19?,20-/m0/s1. The number of hydrazone groups is 1. The third-order valence-electron chi connectivity index (χ3n) is 7.43. The van der Waals surface area contributed by atoms with E-state index in [1.54, 1.807) is 0 Å². The number of nitrogens with zero attached hydrogens (tertiary/aromatic N) is 5. The maximum Gasteiger partial charge on any atom is 0.320 e. The van der Waals surface area contributed by atoms with Crippen molar-refractivity contribution in [3.63, 3.8) is 0 Å². The van der Waals surface area contributed by atoms with Crippen LogP contribution in [0.5, 0.6) is 6.01 Å². The lowest BCUT2D eigenvalue weighted by atomic mass is 9.70. The normalized spacial score (nSPS) is 27.9. The van der Waals surface area contributed by atoms with Crippen LogP contribution in [0.15, 0.2) is 11.2 Å². The van der Waals surface area contributed by atoms with Gasteiger partial charge in [-0.2, -0.15) is 15.1 Å². The first kappa shape index (κ1) is 22.8. The third-order valence-corrected chi connectivity index (χ3v) is 7.43. The lowest BCUT2D eigenvalue weighted by Gasteiger charge is -2.36. The van der Waals surface area contributed by atoms with Crippen LogP contribution in [-0.2, 0) is 9.47 Å². The highest BCUT2D eigenvalue weighted by molar-refractivity contribution is 5.88. The van der Waals surface area contributed by atoms with Gasteiger partial charge < -0.3 is 19.1 Å². The first-order valence-electron chi connectivity index (χ1n) is 12.8. The van der Waals surface area contributed by atoms with Gasteiger partial charge in [-0.3, -0.25) is 10.3 Å². The Morgan fingerprint density at radius 2 is 1.73 bits per heavy atom. The zero-order valence-electron chi connectivity index (χ0n) is 19.7. The fourth-order valence-corrected chi connectivity index (χ4v) is 5.57. The first-order valence-corrected chi connectivity index (χ1v) is 12.8. The molecule has 4 aliphatic rings. The van der Waals surface area contributed by atoms with Crippen LogP contribution in [0, 0.1) is 11.8 Å². The molecule has 1 unspecified atom stereocenters. The van der Waals surface area contributed by atoms with E-state index in [-0.39, 0.29) is 0 Å². The molecule has 0 radical (unpaired) electrons. The average molecular weight is 459 g/mol. The summed E-state index contributed by atoms with van der Waals surface area (Å²) in [5.41, 5.74) is 4.61. The molecule has 2 aliphatic heterocycles. The summed E-state index contributed by atoms with van der Waals surface area (Å²) in [6.45, 7) is 7.96. The summed E-state index contributed by atoms with van der Waals surface area (Å²) in [4.78, 5) is 13.9. The molecule has 0 bridgehead atoms. The van der Waals surface area contributed by atoms with Crippen molar-refractivity contribution in [1.29, 1.82) is 0 Å². The van der Waals surface area contributed by atoms with Crippen LogP contribution < -0.4 is 15.1 Å². The number of anilines is 2. The summed E-state index contributed by atoms with van der Waals surface area (Å²) in [5.74, 6) is 3.04. The molecule has 0 aromatic carbocycles. The third kappa shape index (κ3) is 6.13. The van der Waals surface area contributed by atoms with Gasteiger partial charge in [-0.25, -0.2) is 0 Å². The van der Waals surface area contributed by atoms with Gasteiger partial charge in [-0.15, -0.1) is 0 Å². The highest BCUT2D eigenvalue weighted by Gasteiger charge is 2.32. The van der Waals surface area contributed by atoms with Crippen LogP contribution in [0.3, 0.4) is 0 Å². The summed E-state index contributed by atoms with van der Waals surface area (Å²) >= 11 is 0. The first-order chi connectivity index (χ1) is 16.3.